The largest absolute Gasteiger partial charge is 0.494 e. The predicted octanol–water partition coefficient (Wildman–Crippen LogP) is 2.65. The summed E-state index contributed by atoms with van der Waals surface area (Å²) in [5.74, 6) is -0.239. The molecule has 0 unspecified atom stereocenters. The fourth-order valence-electron chi connectivity index (χ4n) is 2.23. The van der Waals surface area contributed by atoms with Gasteiger partial charge in [0.15, 0.2) is 11.6 Å². The standard InChI is InChI=1S/C14H21FN2O2/c1-14(3-5-19-6-4-14)9-17-12-8-13(18-2)10(15)7-11(12)16/h7-8,17H,3-6,9,16H2,1-2H3. The predicted molar refractivity (Wildman–Crippen MR) is 74.0 cm³/mol. The third-order valence-electron chi connectivity index (χ3n) is 3.73. The first kappa shape index (κ1) is 13.9. The van der Waals surface area contributed by atoms with Gasteiger partial charge in [-0.1, -0.05) is 6.92 Å². The molecule has 0 aliphatic carbocycles. The third-order valence-corrected chi connectivity index (χ3v) is 3.73. The number of hydrogen-bond donors (Lipinski definition) is 2. The second-order valence-electron chi connectivity index (χ2n) is 5.35. The molecule has 2 rings (SSSR count). The van der Waals surface area contributed by atoms with E-state index < -0.39 is 5.82 Å². The van der Waals surface area contributed by atoms with Gasteiger partial charge in [0.25, 0.3) is 0 Å². The van der Waals surface area contributed by atoms with Gasteiger partial charge in [-0.15, -0.1) is 0 Å². The summed E-state index contributed by atoms with van der Waals surface area (Å²) in [7, 11) is 1.44. The first-order valence-corrected chi connectivity index (χ1v) is 6.49. The summed E-state index contributed by atoms with van der Waals surface area (Å²) in [6.07, 6.45) is 2.02. The smallest absolute Gasteiger partial charge is 0.167 e. The van der Waals surface area contributed by atoms with Crippen LogP contribution in [0.5, 0.6) is 5.75 Å². The zero-order valence-corrected chi connectivity index (χ0v) is 11.5. The van der Waals surface area contributed by atoms with Crippen molar-refractivity contribution in [3.8, 4) is 5.75 Å². The number of nitrogens with one attached hydrogen (secondary N) is 1. The number of ether oxygens (including phenoxy) is 2. The molecule has 0 radical (unpaired) electrons. The fraction of sp³-hybridized carbons (Fsp3) is 0.571. The molecule has 1 fully saturated rings. The van der Waals surface area contributed by atoms with Crippen LogP contribution in [0.3, 0.4) is 0 Å². The summed E-state index contributed by atoms with van der Waals surface area (Å²) in [6, 6.07) is 2.89. The van der Waals surface area contributed by atoms with Crippen LogP contribution < -0.4 is 15.8 Å². The van der Waals surface area contributed by atoms with Gasteiger partial charge in [0.1, 0.15) is 0 Å². The highest BCUT2D eigenvalue weighted by molar-refractivity contribution is 5.68. The van der Waals surface area contributed by atoms with Crippen LogP contribution in [0.1, 0.15) is 19.8 Å². The number of nitrogen functional groups attached to an aromatic ring is 1. The molecule has 5 heteroatoms. The number of rotatable bonds is 4. The van der Waals surface area contributed by atoms with Crippen molar-refractivity contribution in [2.24, 2.45) is 5.41 Å². The maximum absolute atomic E-state index is 13.5. The summed E-state index contributed by atoms with van der Waals surface area (Å²) >= 11 is 0. The normalized spacial score (nSPS) is 18.1. The van der Waals surface area contributed by atoms with Crippen LogP contribution in [0.2, 0.25) is 0 Å². The number of nitrogens with two attached hydrogens (primary N) is 1. The first-order chi connectivity index (χ1) is 9.04. The minimum Gasteiger partial charge on any atom is -0.494 e. The van der Waals surface area contributed by atoms with E-state index in [0.717, 1.165) is 32.6 Å². The molecule has 1 aliphatic heterocycles. The molecular weight excluding hydrogens is 247 g/mol. The van der Waals surface area contributed by atoms with E-state index in [4.69, 9.17) is 15.2 Å². The van der Waals surface area contributed by atoms with Crippen molar-refractivity contribution in [2.45, 2.75) is 19.8 Å². The molecule has 19 heavy (non-hydrogen) atoms. The van der Waals surface area contributed by atoms with E-state index in [1.807, 2.05) is 0 Å². The van der Waals surface area contributed by atoms with Gasteiger partial charge in [0, 0.05) is 31.9 Å². The van der Waals surface area contributed by atoms with Gasteiger partial charge in [-0.05, 0) is 18.3 Å². The molecule has 1 aliphatic rings. The summed E-state index contributed by atoms with van der Waals surface area (Å²) < 4.78 is 23.8. The average molecular weight is 268 g/mol. The summed E-state index contributed by atoms with van der Waals surface area (Å²) in [5, 5.41) is 3.30. The Morgan fingerprint density at radius 2 is 2.11 bits per heavy atom. The van der Waals surface area contributed by atoms with Crippen molar-refractivity contribution >= 4 is 11.4 Å². The topological polar surface area (TPSA) is 56.5 Å². The number of halogens is 1. The Morgan fingerprint density at radius 1 is 1.42 bits per heavy atom. The number of methoxy groups -OCH3 is 1. The van der Waals surface area contributed by atoms with Crippen LogP contribution in [-0.4, -0.2) is 26.9 Å². The van der Waals surface area contributed by atoms with E-state index in [2.05, 4.69) is 12.2 Å². The average Bonchev–Trinajstić information content (AvgIpc) is 2.39. The lowest BCUT2D eigenvalue weighted by Gasteiger charge is -2.34. The van der Waals surface area contributed by atoms with Crippen molar-refractivity contribution < 1.29 is 13.9 Å². The van der Waals surface area contributed by atoms with Crippen molar-refractivity contribution in [1.29, 1.82) is 0 Å². The Balaban J connectivity index is 2.06. The maximum Gasteiger partial charge on any atom is 0.167 e. The fourth-order valence-corrected chi connectivity index (χ4v) is 2.23. The molecule has 1 aromatic carbocycles. The van der Waals surface area contributed by atoms with Gasteiger partial charge >= 0.3 is 0 Å². The molecule has 0 spiro atoms. The lowest BCUT2D eigenvalue weighted by Crippen LogP contribution is -2.33. The first-order valence-electron chi connectivity index (χ1n) is 6.49. The van der Waals surface area contributed by atoms with E-state index in [9.17, 15) is 4.39 Å². The third kappa shape index (κ3) is 3.29. The molecule has 4 nitrogen and oxygen atoms in total. The van der Waals surface area contributed by atoms with E-state index >= 15 is 0 Å². The van der Waals surface area contributed by atoms with Crippen LogP contribution in [0, 0.1) is 11.2 Å². The van der Waals surface area contributed by atoms with Crippen molar-refractivity contribution in [2.75, 3.05) is 37.9 Å². The van der Waals surface area contributed by atoms with E-state index in [0.29, 0.717) is 11.4 Å². The second kappa shape index (κ2) is 5.65. The maximum atomic E-state index is 13.5. The minimum atomic E-state index is -0.442. The molecule has 0 bridgehead atoms. The zero-order valence-electron chi connectivity index (χ0n) is 11.5. The van der Waals surface area contributed by atoms with E-state index in [1.165, 1.54) is 13.2 Å². The molecule has 1 saturated heterocycles. The van der Waals surface area contributed by atoms with Gasteiger partial charge in [0.05, 0.1) is 18.5 Å². The molecule has 0 amide bonds. The van der Waals surface area contributed by atoms with Gasteiger partial charge < -0.3 is 20.5 Å². The molecule has 106 valence electrons. The van der Waals surface area contributed by atoms with Crippen LogP contribution in [-0.2, 0) is 4.74 Å². The number of anilines is 2. The molecule has 3 N–H and O–H groups in total. The quantitative estimate of drug-likeness (QED) is 0.824. The summed E-state index contributed by atoms with van der Waals surface area (Å²) in [5.41, 5.74) is 7.12. The Bertz CT molecular complexity index is 445. The Labute approximate surface area is 113 Å². The van der Waals surface area contributed by atoms with E-state index in [-0.39, 0.29) is 11.2 Å². The van der Waals surface area contributed by atoms with Crippen LogP contribution in [0.15, 0.2) is 12.1 Å². The Morgan fingerprint density at radius 3 is 2.74 bits per heavy atom. The highest BCUT2D eigenvalue weighted by Crippen LogP contribution is 2.32. The molecule has 1 heterocycles. The highest BCUT2D eigenvalue weighted by atomic mass is 19.1. The Hall–Kier alpha value is -1.49. The molecule has 1 aromatic rings. The van der Waals surface area contributed by atoms with Gasteiger partial charge in [-0.3, -0.25) is 0 Å². The summed E-state index contributed by atoms with van der Waals surface area (Å²) in [6.45, 7) is 4.59. The molecule has 0 aromatic heterocycles. The Kier molecular flexibility index (Phi) is 4.14. The monoisotopic (exact) mass is 268 g/mol. The van der Waals surface area contributed by atoms with Crippen LogP contribution >= 0.6 is 0 Å². The van der Waals surface area contributed by atoms with Crippen molar-refractivity contribution in [3.05, 3.63) is 17.9 Å². The second-order valence-corrected chi connectivity index (χ2v) is 5.35. The van der Waals surface area contributed by atoms with E-state index in [1.54, 1.807) is 6.07 Å². The molecule has 0 atom stereocenters. The van der Waals surface area contributed by atoms with Crippen LogP contribution in [0.25, 0.3) is 0 Å². The van der Waals surface area contributed by atoms with Crippen molar-refractivity contribution in [3.63, 3.8) is 0 Å². The lowest BCUT2D eigenvalue weighted by atomic mass is 9.82. The van der Waals surface area contributed by atoms with Crippen molar-refractivity contribution in [1.82, 2.24) is 0 Å². The number of benzene rings is 1. The van der Waals surface area contributed by atoms with Gasteiger partial charge in [-0.2, -0.15) is 0 Å². The highest BCUT2D eigenvalue weighted by Gasteiger charge is 2.27. The minimum absolute atomic E-state index is 0.187. The SMILES string of the molecule is COc1cc(NCC2(C)CCOCC2)c(N)cc1F. The number of hydrogen-bond acceptors (Lipinski definition) is 4. The lowest BCUT2D eigenvalue weighted by molar-refractivity contribution is 0.0300. The molecule has 0 saturated carbocycles. The van der Waals surface area contributed by atoms with Gasteiger partial charge in [0.2, 0.25) is 0 Å². The van der Waals surface area contributed by atoms with Gasteiger partial charge in [-0.25, -0.2) is 4.39 Å². The summed E-state index contributed by atoms with van der Waals surface area (Å²) in [4.78, 5) is 0. The van der Waals surface area contributed by atoms with Crippen LogP contribution in [0.4, 0.5) is 15.8 Å². The molecular formula is C14H21FN2O2. The zero-order chi connectivity index (χ0) is 13.9.